The van der Waals surface area contributed by atoms with Crippen molar-refractivity contribution in [3.05, 3.63) is 47.0 Å². The summed E-state index contributed by atoms with van der Waals surface area (Å²) in [7, 11) is 0. The number of aryl methyl sites for hydroxylation is 1. The number of hydrogen-bond donors (Lipinski definition) is 0. The van der Waals surface area contributed by atoms with Crippen LogP contribution in [0.15, 0.2) is 30.3 Å². The van der Waals surface area contributed by atoms with Gasteiger partial charge in [0.1, 0.15) is 0 Å². The monoisotopic (exact) mass is 208 g/mol. The molecule has 1 nitrogen and oxygen atoms in total. The first-order valence-electron chi connectivity index (χ1n) is 5.92. The third kappa shape index (κ3) is 0.891. The van der Waals surface area contributed by atoms with Crippen molar-refractivity contribution in [3.8, 4) is 0 Å². The lowest BCUT2D eigenvalue weighted by Gasteiger charge is -2.21. The molecule has 2 aliphatic carbocycles. The van der Waals surface area contributed by atoms with E-state index in [9.17, 15) is 4.79 Å². The van der Waals surface area contributed by atoms with Gasteiger partial charge in [0.25, 0.3) is 0 Å². The van der Waals surface area contributed by atoms with Crippen LogP contribution in [0, 0.1) is 0 Å². The van der Waals surface area contributed by atoms with Crippen molar-refractivity contribution in [1.29, 1.82) is 0 Å². The lowest BCUT2D eigenvalue weighted by molar-refractivity contribution is 0.0988. The van der Waals surface area contributed by atoms with Crippen molar-refractivity contribution in [3.63, 3.8) is 0 Å². The van der Waals surface area contributed by atoms with E-state index in [4.69, 9.17) is 0 Å². The van der Waals surface area contributed by atoms with E-state index in [1.807, 2.05) is 6.07 Å². The minimum absolute atomic E-state index is 0.346. The molecule has 0 aromatic heterocycles. The van der Waals surface area contributed by atoms with Gasteiger partial charge in [-0.2, -0.15) is 0 Å². The Labute approximate surface area is 94.1 Å². The van der Waals surface area contributed by atoms with Gasteiger partial charge in [-0.25, -0.2) is 0 Å². The molecule has 2 aromatic rings. The van der Waals surface area contributed by atoms with E-state index in [2.05, 4.69) is 24.3 Å². The van der Waals surface area contributed by atoms with Crippen molar-refractivity contribution >= 4 is 16.6 Å². The molecule has 1 atom stereocenters. The second-order valence-corrected chi connectivity index (χ2v) is 4.90. The van der Waals surface area contributed by atoms with Crippen LogP contribution in [0.3, 0.4) is 0 Å². The molecule has 16 heavy (non-hydrogen) atoms. The van der Waals surface area contributed by atoms with E-state index in [-0.39, 0.29) is 0 Å². The van der Waals surface area contributed by atoms with Crippen LogP contribution in [-0.4, -0.2) is 5.78 Å². The molecule has 0 saturated heterocycles. The number of hydrogen-bond acceptors (Lipinski definition) is 1. The predicted molar refractivity (Wildman–Crippen MR) is 64.0 cm³/mol. The standard InChI is InChI=1S/C15H12O/c16-13-8-11-5-4-9-2-1-3-10-6-7-12(13)15(11)14(9)10/h1-3,6-7,11H,4-5,8H2. The molecule has 0 radical (unpaired) electrons. The molecule has 4 rings (SSSR count). The minimum Gasteiger partial charge on any atom is -0.294 e. The first-order chi connectivity index (χ1) is 7.84. The molecule has 0 bridgehead atoms. The first-order valence-corrected chi connectivity index (χ1v) is 5.92. The fourth-order valence-electron chi connectivity index (χ4n) is 3.37. The number of carbonyl (C=O) groups excluding carboxylic acids is 1. The number of Topliss-reactive ketones (excluding diaryl/α,β-unsaturated/α-hetero) is 1. The summed E-state index contributed by atoms with van der Waals surface area (Å²) < 4.78 is 0. The molecule has 0 amide bonds. The van der Waals surface area contributed by atoms with Gasteiger partial charge in [0.2, 0.25) is 0 Å². The van der Waals surface area contributed by atoms with Crippen molar-refractivity contribution < 1.29 is 4.79 Å². The van der Waals surface area contributed by atoms with Crippen molar-refractivity contribution in [2.45, 2.75) is 25.2 Å². The Bertz CT molecular complexity index is 625. The maximum absolute atomic E-state index is 11.9. The Kier molecular flexibility index (Phi) is 1.45. The number of rotatable bonds is 0. The van der Waals surface area contributed by atoms with Crippen LogP contribution in [0.5, 0.6) is 0 Å². The summed E-state index contributed by atoms with van der Waals surface area (Å²) in [5.41, 5.74) is 3.77. The number of ketones is 1. The third-order valence-corrected chi connectivity index (χ3v) is 4.07. The van der Waals surface area contributed by atoms with E-state index in [0.717, 1.165) is 24.8 Å². The van der Waals surface area contributed by atoms with Crippen LogP contribution in [0.2, 0.25) is 0 Å². The molecule has 0 heterocycles. The number of carbonyl (C=O) groups is 1. The highest BCUT2D eigenvalue weighted by molar-refractivity contribution is 6.07. The van der Waals surface area contributed by atoms with Crippen molar-refractivity contribution in [1.82, 2.24) is 0 Å². The quantitative estimate of drug-likeness (QED) is 0.648. The molecule has 0 fully saturated rings. The fraction of sp³-hybridized carbons (Fsp3) is 0.267. The van der Waals surface area contributed by atoms with Crippen molar-refractivity contribution in [2.75, 3.05) is 0 Å². The van der Waals surface area contributed by atoms with Crippen LogP contribution in [0.1, 0.15) is 40.2 Å². The van der Waals surface area contributed by atoms with E-state index < -0.39 is 0 Å². The van der Waals surface area contributed by atoms with Gasteiger partial charge in [-0.3, -0.25) is 4.79 Å². The van der Waals surface area contributed by atoms with E-state index >= 15 is 0 Å². The van der Waals surface area contributed by atoms with Crippen LogP contribution in [0.4, 0.5) is 0 Å². The predicted octanol–water partition coefficient (Wildman–Crippen LogP) is 3.46. The Balaban J connectivity index is 2.24. The Morgan fingerprint density at radius 3 is 3.00 bits per heavy atom. The topological polar surface area (TPSA) is 17.1 Å². The average Bonchev–Trinajstić information content (AvgIpc) is 2.65. The molecule has 2 aliphatic rings. The normalized spacial score (nSPS) is 21.8. The van der Waals surface area contributed by atoms with Crippen LogP contribution in [-0.2, 0) is 6.42 Å². The highest BCUT2D eigenvalue weighted by atomic mass is 16.1. The molecular weight excluding hydrogens is 196 g/mol. The molecular formula is C15H12O. The summed E-state index contributed by atoms with van der Waals surface area (Å²) >= 11 is 0. The molecule has 2 aromatic carbocycles. The molecule has 0 N–H and O–H groups in total. The fourth-order valence-corrected chi connectivity index (χ4v) is 3.37. The zero-order valence-corrected chi connectivity index (χ0v) is 8.99. The van der Waals surface area contributed by atoms with Gasteiger partial charge < -0.3 is 0 Å². The van der Waals surface area contributed by atoms with Gasteiger partial charge in [-0.1, -0.05) is 30.3 Å². The lowest BCUT2D eigenvalue weighted by Crippen LogP contribution is -2.05. The second kappa shape index (κ2) is 2.73. The van der Waals surface area contributed by atoms with Gasteiger partial charge in [-0.15, -0.1) is 0 Å². The summed E-state index contributed by atoms with van der Waals surface area (Å²) in [5.74, 6) is 0.847. The van der Waals surface area contributed by atoms with Gasteiger partial charge >= 0.3 is 0 Å². The first kappa shape index (κ1) is 8.51. The second-order valence-electron chi connectivity index (χ2n) is 4.90. The zero-order chi connectivity index (χ0) is 10.7. The highest BCUT2D eigenvalue weighted by Crippen LogP contribution is 2.45. The Morgan fingerprint density at radius 2 is 2.06 bits per heavy atom. The Hall–Kier alpha value is -1.63. The smallest absolute Gasteiger partial charge is 0.163 e. The van der Waals surface area contributed by atoms with Crippen LogP contribution >= 0.6 is 0 Å². The maximum atomic E-state index is 11.9. The summed E-state index contributed by atoms with van der Waals surface area (Å²) in [4.78, 5) is 11.9. The van der Waals surface area contributed by atoms with Crippen molar-refractivity contribution in [2.24, 2.45) is 0 Å². The van der Waals surface area contributed by atoms with Gasteiger partial charge in [0.05, 0.1) is 0 Å². The molecule has 1 heteroatoms. The number of benzene rings is 2. The van der Waals surface area contributed by atoms with E-state index in [1.165, 1.54) is 21.9 Å². The highest BCUT2D eigenvalue weighted by Gasteiger charge is 2.33. The molecule has 0 aliphatic heterocycles. The third-order valence-electron chi connectivity index (χ3n) is 4.07. The van der Waals surface area contributed by atoms with Gasteiger partial charge in [0, 0.05) is 12.0 Å². The van der Waals surface area contributed by atoms with Gasteiger partial charge in [0.15, 0.2) is 5.78 Å². The zero-order valence-electron chi connectivity index (χ0n) is 8.99. The van der Waals surface area contributed by atoms with E-state index in [0.29, 0.717) is 11.7 Å². The SMILES string of the molecule is O=C1CC2CCc3cccc4ccc1c2c34. The molecule has 0 spiro atoms. The minimum atomic E-state index is 0.346. The van der Waals surface area contributed by atoms with E-state index in [1.54, 1.807) is 0 Å². The Morgan fingerprint density at radius 1 is 1.12 bits per heavy atom. The largest absolute Gasteiger partial charge is 0.294 e. The summed E-state index contributed by atoms with van der Waals surface area (Å²) in [6.45, 7) is 0. The molecule has 0 saturated carbocycles. The van der Waals surface area contributed by atoms with Crippen LogP contribution in [0.25, 0.3) is 10.8 Å². The molecule has 78 valence electrons. The van der Waals surface area contributed by atoms with Crippen LogP contribution < -0.4 is 0 Å². The summed E-state index contributed by atoms with van der Waals surface area (Å²) in [6, 6.07) is 10.6. The summed E-state index contributed by atoms with van der Waals surface area (Å²) in [5, 5.41) is 2.68. The van der Waals surface area contributed by atoms with Gasteiger partial charge in [-0.05, 0) is 40.7 Å². The molecule has 1 unspecified atom stereocenters. The summed E-state index contributed by atoms with van der Waals surface area (Å²) in [6.07, 6.45) is 3.02. The average molecular weight is 208 g/mol. The maximum Gasteiger partial charge on any atom is 0.163 e. The lowest BCUT2D eigenvalue weighted by atomic mass is 9.82.